The van der Waals surface area contributed by atoms with Gasteiger partial charge >= 0.3 is 5.69 Å². The molecule has 0 aliphatic carbocycles. The molecule has 0 spiro atoms. The highest BCUT2D eigenvalue weighted by atomic mass is 32.2. The smallest absolute Gasteiger partial charge is 0.310 e. The summed E-state index contributed by atoms with van der Waals surface area (Å²) in [5.74, 6) is 0. The Bertz CT molecular complexity index is 554. The molecule has 0 unspecified atom stereocenters. The third-order valence-corrected chi connectivity index (χ3v) is 4.86. The molecular formula is C10H15N3O4S. The van der Waals surface area contributed by atoms with Gasteiger partial charge in [-0.3, -0.25) is 15.1 Å². The molecule has 1 aromatic rings. The first-order valence-corrected chi connectivity index (χ1v) is 7.06. The van der Waals surface area contributed by atoms with Crippen molar-refractivity contribution < 1.29 is 13.3 Å². The monoisotopic (exact) mass is 273 g/mol. The first-order valence-electron chi connectivity index (χ1n) is 5.17. The van der Waals surface area contributed by atoms with Gasteiger partial charge in [0.25, 0.3) is 0 Å². The van der Waals surface area contributed by atoms with Gasteiger partial charge in [0, 0.05) is 19.0 Å². The van der Waals surface area contributed by atoms with E-state index in [1.165, 1.54) is 12.3 Å². The van der Waals surface area contributed by atoms with Crippen molar-refractivity contribution in [3.8, 4) is 0 Å². The molecule has 18 heavy (non-hydrogen) atoms. The van der Waals surface area contributed by atoms with Crippen LogP contribution in [0.5, 0.6) is 0 Å². The average Bonchev–Trinajstić information content (AvgIpc) is 2.25. The number of hydrogen-bond donors (Lipinski definition) is 1. The van der Waals surface area contributed by atoms with Crippen LogP contribution in [-0.2, 0) is 9.84 Å². The van der Waals surface area contributed by atoms with E-state index in [1.54, 1.807) is 13.8 Å². The third-order valence-electron chi connectivity index (χ3n) is 2.71. The highest BCUT2D eigenvalue weighted by Gasteiger charge is 2.30. The number of rotatable bonds is 5. The van der Waals surface area contributed by atoms with Crippen molar-refractivity contribution in [2.75, 3.05) is 18.1 Å². The van der Waals surface area contributed by atoms with Gasteiger partial charge in [-0.05, 0) is 19.9 Å². The zero-order chi connectivity index (χ0) is 14.0. The topological polar surface area (TPSA) is 102 Å². The number of hydrogen-bond acceptors (Lipinski definition) is 6. The van der Waals surface area contributed by atoms with Crippen LogP contribution in [0.15, 0.2) is 18.5 Å². The average molecular weight is 273 g/mol. The maximum absolute atomic E-state index is 11.5. The highest BCUT2D eigenvalue weighted by Crippen LogP contribution is 2.24. The third kappa shape index (κ3) is 3.16. The zero-order valence-corrected chi connectivity index (χ0v) is 11.2. The molecule has 0 aliphatic rings. The summed E-state index contributed by atoms with van der Waals surface area (Å²) in [7, 11) is -3.25. The van der Waals surface area contributed by atoms with Crippen molar-refractivity contribution in [1.29, 1.82) is 0 Å². The maximum atomic E-state index is 11.5. The lowest BCUT2D eigenvalue weighted by Gasteiger charge is -2.23. The summed E-state index contributed by atoms with van der Waals surface area (Å²) in [5, 5.41) is 13.5. The van der Waals surface area contributed by atoms with E-state index in [9.17, 15) is 18.5 Å². The van der Waals surface area contributed by atoms with Crippen molar-refractivity contribution in [2.24, 2.45) is 0 Å². The number of aromatic nitrogens is 1. The van der Waals surface area contributed by atoms with Gasteiger partial charge in [-0.15, -0.1) is 0 Å². The number of sulfone groups is 1. The number of nitrogens with zero attached hydrogens (tertiary/aromatic N) is 2. The molecule has 7 nitrogen and oxygen atoms in total. The summed E-state index contributed by atoms with van der Waals surface area (Å²) in [6.45, 7) is 3.20. The van der Waals surface area contributed by atoms with Gasteiger partial charge in [-0.2, -0.15) is 0 Å². The summed E-state index contributed by atoms with van der Waals surface area (Å²) in [6.07, 6.45) is 3.66. The quantitative estimate of drug-likeness (QED) is 0.639. The SMILES string of the molecule is CC(C)(CNc1ccncc1[N+](=O)[O-])S(C)(=O)=O. The molecule has 100 valence electrons. The Hall–Kier alpha value is -1.70. The number of pyridine rings is 1. The second kappa shape index (κ2) is 4.89. The van der Waals surface area contributed by atoms with Gasteiger partial charge in [0.05, 0.1) is 9.67 Å². The fraction of sp³-hybridized carbons (Fsp3) is 0.500. The summed E-state index contributed by atoms with van der Waals surface area (Å²) in [4.78, 5) is 13.8. The summed E-state index contributed by atoms with van der Waals surface area (Å²) >= 11 is 0. The Balaban J connectivity index is 2.91. The van der Waals surface area contributed by atoms with Gasteiger partial charge in [0.15, 0.2) is 9.84 Å². The summed E-state index contributed by atoms with van der Waals surface area (Å²) in [6, 6.07) is 1.44. The van der Waals surface area contributed by atoms with E-state index in [-0.39, 0.29) is 17.9 Å². The second-order valence-corrected chi connectivity index (χ2v) is 7.18. The van der Waals surface area contributed by atoms with Crippen LogP contribution in [0.25, 0.3) is 0 Å². The lowest BCUT2D eigenvalue weighted by Crippen LogP contribution is -2.38. The number of anilines is 1. The van der Waals surface area contributed by atoms with Crippen LogP contribution in [0.1, 0.15) is 13.8 Å². The van der Waals surface area contributed by atoms with Crippen LogP contribution in [0.2, 0.25) is 0 Å². The van der Waals surface area contributed by atoms with Crippen molar-refractivity contribution in [3.05, 3.63) is 28.6 Å². The zero-order valence-electron chi connectivity index (χ0n) is 10.4. The van der Waals surface area contributed by atoms with E-state index in [2.05, 4.69) is 10.3 Å². The van der Waals surface area contributed by atoms with Crippen molar-refractivity contribution in [3.63, 3.8) is 0 Å². The van der Waals surface area contributed by atoms with Gasteiger partial charge in [-0.1, -0.05) is 0 Å². The fourth-order valence-electron chi connectivity index (χ4n) is 1.12. The predicted octanol–water partition coefficient (Wildman–Crippen LogP) is 1.22. The van der Waals surface area contributed by atoms with Crippen molar-refractivity contribution in [1.82, 2.24) is 4.98 Å². The molecule has 0 fully saturated rings. The summed E-state index contributed by atoms with van der Waals surface area (Å²) in [5.41, 5.74) is 0.0773. The normalized spacial score (nSPS) is 12.2. The molecule has 0 saturated carbocycles. The molecule has 0 amide bonds. The molecule has 1 heterocycles. The van der Waals surface area contributed by atoms with Crippen LogP contribution >= 0.6 is 0 Å². The Labute approximate surface area is 105 Å². The van der Waals surface area contributed by atoms with Crippen LogP contribution in [0, 0.1) is 10.1 Å². The second-order valence-electron chi connectivity index (χ2n) is 4.54. The van der Waals surface area contributed by atoms with Crippen LogP contribution in [0.4, 0.5) is 11.4 Å². The largest absolute Gasteiger partial charge is 0.378 e. The van der Waals surface area contributed by atoms with E-state index >= 15 is 0 Å². The Morgan fingerprint density at radius 3 is 2.61 bits per heavy atom. The minimum absolute atomic E-state index is 0.0800. The van der Waals surface area contributed by atoms with E-state index in [0.717, 1.165) is 12.5 Å². The van der Waals surface area contributed by atoms with Gasteiger partial charge in [0.1, 0.15) is 11.9 Å². The molecule has 0 radical (unpaired) electrons. The molecule has 0 saturated heterocycles. The first kappa shape index (κ1) is 14.4. The summed E-state index contributed by atoms with van der Waals surface area (Å²) < 4.78 is 22.0. The number of nitro groups is 1. The van der Waals surface area contributed by atoms with E-state index in [4.69, 9.17) is 0 Å². The highest BCUT2D eigenvalue weighted by molar-refractivity contribution is 7.92. The predicted molar refractivity (Wildman–Crippen MR) is 68.3 cm³/mol. The lowest BCUT2D eigenvalue weighted by atomic mass is 10.2. The minimum atomic E-state index is -3.25. The molecular weight excluding hydrogens is 258 g/mol. The van der Waals surface area contributed by atoms with Crippen LogP contribution in [0.3, 0.4) is 0 Å². The fourth-order valence-corrected chi connectivity index (χ4v) is 1.45. The molecule has 0 bridgehead atoms. The molecule has 0 aromatic carbocycles. The molecule has 1 N–H and O–H groups in total. The Morgan fingerprint density at radius 1 is 1.50 bits per heavy atom. The van der Waals surface area contributed by atoms with Crippen LogP contribution < -0.4 is 5.32 Å². The van der Waals surface area contributed by atoms with Crippen LogP contribution in [-0.4, -0.2) is 35.9 Å². The molecule has 0 aliphatic heterocycles. The Kier molecular flexibility index (Phi) is 3.90. The van der Waals surface area contributed by atoms with E-state index < -0.39 is 19.5 Å². The van der Waals surface area contributed by atoms with Gasteiger partial charge in [0.2, 0.25) is 0 Å². The van der Waals surface area contributed by atoms with E-state index in [0.29, 0.717) is 0 Å². The first-order chi connectivity index (χ1) is 8.15. The van der Waals surface area contributed by atoms with Gasteiger partial charge in [-0.25, -0.2) is 8.42 Å². The minimum Gasteiger partial charge on any atom is -0.378 e. The molecule has 1 aromatic heterocycles. The number of nitrogens with one attached hydrogen (secondary N) is 1. The van der Waals surface area contributed by atoms with Crippen molar-refractivity contribution in [2.45, 2.75) is 18.6 Å². The van der Waals surface area contributed by atoms with Gasteiger partial charge < -0.3 is 5.32 Å². The molecule has 1 rings (SSSR count). The molecule has 8 heteroatoms. The molecule has 0 atom stereocenters. The maximum Gasteiger partial charge on any atom is 0.310 e. The van der Waals surface area contributed by atoms with Crippen molar-refractivity contribution >= 4 is 21.2 Å². The van der Waals surface area contributed by atoms with E-state index in [1.807, 2.05) is 0 Å². The standard InChI is InChI=1S/C10H15N3O4S/c1-10(2,18(3,16)17)7-12-8-4-5-11-6-9(8)13(14)15/h4-6H,7H2,1-3H3,(H,11,12). The lowest BCUT2D eigenvalue weighted by molar-refractivity contribution is -0.384. The Morgan fingerprint density at radius 2 is 2.11 bits per heavy atom.